The first kappa shape index (κ1) is 19.4. The van der Waals surface area contributed by atoms with Gasteiger partial charge in [0, 0.05) is 12.5 Å². The van der Waals surface area contributed by atoms with Crippen molar-refractivity contribution >= 4 is 35.1 Å². The Morgan fingerprint density at radius 3 is 2.69 bits per heavy atom. The van der Waals surface area contributed by atoms with Crippen molar-refractivity contribution in [2.75, 3.05) is 16.8 Å². The Kier molecular flexibility index (Phi) is 4.80. The number of anilines is 2. The Balaban J connectivity index is 1.60. The molecule has 1 saturated carbocycles. The van der Waals surface area contributed by atoms with Crippen LogP contribution in [0.15, 0.2) is 24.3 Å². The maximum Gasteiger partial charge on any atom is 0.325 e. The molecule has 1 saturated heterocycles. The Morgan fingerprint density at radius 2 is 1.93 bits per heavy atom. The summed E-state index contributed by atoms with van der Waals surface area (Å²) in [6, 6.07) is 6.15. The molecule has 3 atom stereocenters. The number of imide groups is 1. The molecule has 0 bridgehead atoms. The smallest absolute Gasteiger partial charge is 0.324 e. The number of nitrogens with one attached hydrogen (secondary N) is 2. The molecule has 0 unspecified atom stereocenters. The molecule has 2 fully saturated rings. The maximum atomic E-state index is 13.2. The number of para-hydroxylation sites is 2. The number of hydrogen-bond donors (Lipinski definition) is 2. The van der Waals surface area contributed by atoms with Gasteiger partial charge in [0.1, 0.15) is 12.1 Å². The molecule has 1 spiro atoms. The Morgan fingerprint density at radius 1 is 1.17 bits per heavy atom. The Bertz CT molecular complexity index is 885. The van der Waals surface area contributed by atoms with Crippen molar-refractivity contribution in [3.8, 4) is 0 Å². The molecule has 0 radical (unpaired) electrons. The molecular formula is C21H26N4O4. The van der Waals surface area contributed by atoms with E-state index in [0.29, 0.717) is 17.8 Å². The molecule has 29 heavy (non-hydrogen) atoms. The number of nitrogens with zero attached hydrogens (tertiary/aromatic N) is 2. The molecule has 1 aromatic rings. The summed E-state index contributed by atoms with van der Waals surface area (Å²) in [5.41, 5.74) is 0.226. The molecule has 8 nitrogen and oxygen atoms in total. The van der Waals surface area contributed by atoms with E-state index in [1.807, 2.05) is 6.92 Å². The lowest BCUT2D eigenvalue weighted by molar-refractivity contribution is -0.137. The monoisotopic (exact) mass is 398 g/mol. The molecule has 154 valence electrons. The van der Waals surface area contributed by atoms with Gasteiger partial charge >= 0.3 is 6.03 Å². The third kappa shape index (κ3) is 3.16. The van der Waals surface area contributed by atoms with Gasteiger partial charge in [-0.25, -0.2) is 4.79 Å². The summed E-state index contributed by atoms with van der Waals surface area (Å²) in [5.74, 6) is -0.837. The van der Waals surface area contributed by atoms with Gasteiger partial charge in [0.15, 0.2) is 0 Å². The zero-order valence-corrected chi connectivity index (χ0v) is 16.7. The Labute approximate surface area is 169 Å². The minimum absolute atomic E-state index is 0.0347. The van der Waals surface area contributed by atoms with Crippen molar-refractivity contribution in [2.24, 2.45) is 5.92 Å². The van der Waals surface area contributed by atoms with Crippen molar-refractivity contribution in [3.63, 3.8) is 0 Å². The average Bonchev–Trinajstić information content (AvgIpc) is 2.82. The standard InChI is InChI=1S/C21H26N4O4/c1-13-7-5-6-10-21(13)19(28)24(20(29)23-21)12-18(27)25-14(2)11-17(26)22-15-8-3-4-9-16(15)25/h3-4,8-9,13-14H,5-7,10-12H2,1-2H3,(H,22,26)(H,23,29)/t13-,14-,21-/m1/s1. The van der Waals surface area contributed by atoms with E-state index in [-0.39, 0.29) is 36.6 Å². The second-order valence-corrected chi connectivity index (χ2v) is 8.32. The first-order valence-electron chi connectivity index (χ1n) is 10.2. The molecule has 8 heteroatoms. The number of fused-ring (bicyclic) bond motifs is 1. The third-order valence-corrected chi connectivity index (χ3v) is 6.42. The second kappa shape index (κ2) is 7.17. The highest BCUT2D eigenvalue weighted by Gasteiger charge is 2.55. The Hall–Kier alpha value is -2.90. The van der Waals surface area contributed by atoms with Crippen LogP contribution in [-0.2, 0) is 14.4 Å². The fourth-order valence-electron chi connectivity index (χ4n) is 4.82. The molecule has 1 aromatic carbocycles. The predicted molar refractivity (Wildman–Crippen MR) is 107 cm³/mol. The maximum absolute atomic E-state index is 13.2. The van der Waals surface area contributed by atoms with Gasteiger partial charge < -0.3 is 15.5 Å². The summed E-state index contributed by atoms with van der Waals surface area (Å²) in [5, 5.41) is 5.69. The fraction of sp³-hybridized carbons (Fsp3) is 0.524. The molecule has 2 N–H and O–H groups in total. The van der Waals surface area contributed by atoms with Gasteiger partial charge in [-0.15, -0.1) is 0 Å². The lowest BCUT2D eigenvalue weighted by Gasteiger charge is -2.37. The van der Waals surface area contributed by atoms with Gasteiger partial charge in [0.25, 0.3) is 5.91 Å². The van der Waals surface area contributed by atoms with E-state index < -0.39 is 17.6 Å². The largest absolute Gasteiger partial charge is 0.325 e. The average molecular weight is 398 g/mol. The van der Waals surface area contributed by atoms with E-state index in [1.165, 1.54) is 4.90 Å². The summed E-state index contributed by atoms with van der Waals surface area (Å²) in [4.78, 5) is 53.7. The first-order valence-corrected chi connectivity index (χ1v) is 10.2. The van der Waals surface area contributed by atoms with Gasteiger partial charge in [0.05, 0.1) is 11.4 Å². The minimum Gasteiger partial charge on any atom is -0.324 e. The van der Waals surface area contributed by atoms with E-state index in [2.05, 4.69) is 10.6 Å². The zero-order chi connectivity index (χ0) is 20.8. The van der Waals surface area contributed by atoms with Gasteiger partial charge in [-0.3, -0.25) is 19.3 Å². The number of carbonyl (C=O) groups excluding carboxylic acids is 4. The highest BCUT2D eigenvalue weighted by Crippen LogP contribution is 2.38. The normalized spacial score (nSPS) is 29.4. The van der Waals surface area contributed by atoms with Gasteiger partial charge in [-0.1, -0.05) is 31.9 Å². The molecule has 2 heterocycles. The summed E-state index contributed by atoms with van der Waals surface area (Å²) < 4.78 is 0. The zero-order valence-electron chi connectivity index (χ0n) is 16.7. The number of hydrogen-bond acceptors (Lipinski definition) is 4. The van der Waals surface area contributed by atoms with Crippen LogP contribution in [0.3, 0.4) is 0 Å². The van der Waals surface area contributed by atoms with Crippen molar-refractivity contribution < 1.29 is 19.2 Å². The van der Waals surface area contributed by atoms with Gasteiger partial charge in [-0.05, 0) is 37.8 Å². The van der Waals surface area contributed by atoms with Crippen LogP contribution in [0.4, 0.5) is 16.2 Å². The van der Waals surface area contributed by atoms with Crippen molar-refractivity contribution in [1.82, 2.24) is 10.2 Å². The third-order valence-electron chi connectivity index (χ3n) is 6.42. The lowest BCUT2D eigenvalue weighted by atomic mass is 9.73. The van der Waals surface area contributed by atoms with Crippen LogP contribution < -0.4 is 15.5 Å². The van der Waals surface area contributed by atoms with Crippen LogP contribution in [0.2, 0.25) is 0 Å². The predicted octanol–water partition coefficient (Wildman–Crippen LogP) is 2.25. The molecule has 0 aromatic heterocycles. The fourth-order valence-corrected chi connectivity index (χ4v) is 4.82. The van der Waals surface area contributed by atoms with Crippen LogP contribution >= 0.6 is 0 Å². The van der Waals surface area contributed by atoms with E-state index in [1.54, 1.807) is 31.2 Å². The highest BCUT2D eigenvalue weighted by molar-refractivity contribution is 6.12. The number of urea groups is 1. The summed E-state index contributed by atoms with van der Waals surface area (Å²) in [7, 11) is 0. The van der Waals surface area contributed by atoms with E-state index in [0.717, 1.165) is 24.2 Å². The molecule has 3 aliphatic rings. The summed E-state index contributed by atoms with van der Waals surface area (Å²) in [6.45, 7) is 3.43. The van der Waals surface area contributed by atoms with E-state index in [4.69, 9.17) is 0 Å². The molecule has 2 aliphatic heterocycles. The minimum atomic E-state index is -0.893. The van der Waals surface area contributed by atoms with Crippen LogP contribution in [-0.4, -0.2) is 46.8 Å². The quantitative estimate of drug-likeness (QED) is 0.747. The summed E-state index contributed by atoms with van der Waals surface area (Å²) >= 11 is 0. The molecule has 4 rings (SSSR count). The number of amides is 5. The van der Waals surface area contributed by atoms with Crippen molar-refractivity contribution in [2.45, 2.75) is 57.5 Å². The molecule has 5 amide bonds. The number of rotatable bonds is 2. The van der Waals surface area contributed by atoms with Gasteiger partial charge in [-0.2, -0.15) is 0 Å². The number of benzene rings is 1. The first-order chi connectivity index (χ1) is 13.8. The van der Waals surface area contributed by atoms with Crippen LogP contribution in [0.25, 0.3) is 0 Å². The SMILES string of the molecule is C[C@@H]1CC(=O)Nc2ccccc2N1C(=O)CN1C(=O)N[C@@]2(CCCC[C@H]2C)C1=O. The highest BCUT2D eigenvalue weighted by atomic mass is 16.2. The van der Waals surface area contributed by atoms with Gasteiger partial charge in [0.2, 0.25) is 11.8 Å². The second-order valence-electron chi connectivity index (χ2n) is 8.32. The summed E-state index contributed by atoms with van der Waals surface area (Å²) in [6.07, 6.45) is 3.53. The lowest BCUT2D eigenvalue weighted by Crippen LogP contribution is -2.54. The van der Waals surface area contributed by atoms with Crippen molar-refractivity contribution in [3.05, 3.63) is 24.3 Å². The van der Waals surface area contributed by atoms with Crippen molar-refractivity contribution in [1.29, 1.82) is 0 Å². The van der Waals surface area contributed by atoms with Crippen LogP contribution in [0.1, 0.15) is 46.0 Å². The van der Waals surface area contributed by atoms with Crippen LogP contribution in [0, 0.1) is 5.92 Å². The van der Waals surface area contributed by atoms with Crippen LogP contribution in [0.5, 0.6) is 0 Å². The van der Waals surface area contributed by atoms with E-state index in [9.17, 15) is 19.2 Å². The molecule has 1 aliphatic carbocycles. The number of carbonyl (C=O) groups is 4. The molecular weight excluding hydrogens is 372 g/mol. The van der Waals surface area contributed by atoms with E-state index >= 15 is 0 Å². The topological polar surface area (TPSA) is 98.8 Å².